The molecule has 0 saturated heterocycles. The van der Waals surface area contributed by atoms with Gasteiger partial charge in [-0.1, -0.05) is 0 Å². The fourth-order valence-corrected chi connectivity index (χ4v) is 3.18. The number of hydrogen-bond acceptors (Lipinski definition) is 3. The maximum atomic E-state index is 14.4. The highest BCUT2D eigenvalue weighted by molar-refractivity contribution is 5.93. The van der Waals surface area contributed by atoms with Crippen molar-refractivity contribution >= 4 is 16.9 Å². The van der Waals surface area contributed by atoms with E-state index in [-0.39, 0.29) is 11.3 Å². The maximum Gasteiger partial charge on any atom is 0.341 e. The molecule has 0 aliphatic heterocycles. The van der Waals surface area contributed by atoms with Crippen LogP contribution in [0, 0.1) is 5.82 Å². The van der Waals surface area contributed by atoms with E-state index in [0.717, 1.165) is 18.9 Å². The first kappa shape index (κ1) is 16.3. The minimum absolute atomic E-state index is 0.0580. The molecule has 1 heterocycles. The predicted molar refractivity (Wildman–Crippen MR) is 95.0 cm³/mol. The number of aromatic carboxylic acids is 1. The first-order valence-electron chi connectivity index (χ1n) is 8.26. The second kappa shape index (κ2) is 5.98. The third-order valence-corrected chi connectivity index (χ3v) is 4.72. The molecular weight excluding hydrogens is 337 g/mol. The number of carboxylic acid groups (broad SMARTS) is 1. The normalized spacial score (nSPS) is 13.8. The van der Waals surface area contributed by atoms with Crippen LogP contribution in [0.1, 0.15) is 34.7 Å². The van der Waals surface area contributed by atoms with Crippen molar-refractivity contribution in [3.05, 3.63) is 69.8 Å². The van der Waals surface area contributed by atoms with Gasteiger partial charge >= 0.3 is 5.97 Å². The molecule has 0 radical (unpaired) electrons. The molecule has 0 atom stereocenters. The Morgan fingerprint density at radius 2 is 1.92 bits per heavy atom. The van der Waals surface area contributed by atoms with E-state index in [1.165, 1.54) is 6.20 Å². The molecule has 1 aliphatic carbocycles. The van der Waals surface area contributed by atoms with E-state index < -0.39 is 22.8 Å². The summed E-state index contributed by atoms with van der Waals surface area (Å²) < 4.78 is 21.2. The van der Waals surface area contributed by atoms with Crippen LogP contribution in [-0.2, 0) is 0 Å². The maximum absolute atomic E-state index is 14.4. The van der Waals surface area contributed by atoms with Crippen LogP contribution < -0.4 is 10.2 Å². The number of fused-ring (bicyclic) bond motifs is 1. The van der Waals surface area contributed by atoms with Crippen molar-refractivity contribution in [2.45, 2.75) is 18.8 Å². The summed E-state index contributed by atoms with van der Waals surface area (Å²) in [7, 11) is 1.55. The van der Waals surface area contributed by atoms with Gasteiger partial charge < -0.3 is 14.4 Å². The number of carbonyl (C=O) groups is 1. The highest BCUT2D eigenvalue weighted by Gasteiger charge is 2.28. The van der Waals surface area contributed by atoms with E-state index in [4.69, 9.17) is 4.74 Å². The largest absolute Gasteiger partial charge is 0.497 e. The van der Waals surface area contributed by atoms with Crippen molar-refractivity contribution in [3.8, 4) is 11.4 Å². The molecule has 132 valence electrons. The van der Waals surface area contributed by atoms with Gasteiger partial charge in [0.25, 0.3) is 0 Å². The van der Waals surface area contributed by atoms with Crippen LogP contribution in [0.2, 0.25) is 0 Å². The number of pyridine rings is 1. The van der Waals surface area contributed by atoms with Crippen LogP contribution in [0.5, 0.6) is 5.75 Å². The Hall–Kier alpha value is -3.15. The summed E-state index contributed by atoms with van der Waals surface area (Å²) in [6.07, 6.45) is 3.13. The highest BCUT2D eigenvalue weighted by atomic mass is 19.1. The first-order chi connectivity index (χ1) is 12.5. The third-order valence-electron chi connectivity index (χ3n) is 4.72. The van der Waals surface area contributed by atoms with E-state index in [9.17, 15) is 19.1 Å². The van der Waals surface area contributed by atoms with Crippen molar-refractivity contribution < 1.29 is 19.0 Å². The van der Waals surface area contributed by atoms with Gasteiger partial charge in [0, 0.05) is 17.3 Å². The van der Waals surface area contributed by atoms with Gasteiger partial charge in [0.1, 0.15) is 17.1 Å². The zero-order chi connectivity index (χ0) is 18.4. The Morgan fingerprint density at radius 1 is 1.23 bits per heavy atom. The minimum atomic E-state index is -1.34. The molecular formula is C20H16FNO4. The molecule has 1 saturated carbocycles. The summed E-state index contributed by atoms with van der Waals surface area (Å²) in [5.41, 5.74) is 0.646. The molecule has 1 fully saturated rings. The van der Waals surface area contributed by atoms with Crippen LogP contribution in [0.25, 0.3) is 16.6 Å². The van der Waals surface area contributed by atoms with E-state index in [1.54, 1.807) is 42.0 Å². The van der Waals surface area contributed by atoms with E-state index in [1.807, 2.05) is 0 Å². The molecule has 1 aliphatic rings. The van der Waals surface area contributed by atoms with Crippen LogP contribution in [0.3, 0.4) is 0 Å². The third kappa shape index (κ3) is 2.63. The SMILES string of the molecule is COc1ccc(-n2cc(C(=O)O)c(=O)c3cc(F)c(C4CC4)cc32)cc1. The Bertz CT molecular complexity index is 1080. The highest BCUT2D eigenvalue weighted by Crippen LogP contribution is 2.42. The van der Waals surface area contributed by atoms with Crippen molar-refractivity contribution in [2.75, 3.05) is 7.11 Å². The Morgan fingerprint density at radius 3 is 2.50 bits per heavy atom. The van der Waals surface area contributed by atoms with Crippen LogP contribution in [-0.4, -0.2) is 22.8 Å². The summed E-state index contributed by atoms with van der Waals surface area (Å²) >= 11 is 0. The van der Waals surface area contributed by atoms with Crippen LogP contribution >= 0.6 is 0 Å². The molecule has 0 spiro atoms. The van der Waals surface area contributed by atoms with Crippen LogP contribution in [0.4, 0.5) is 4.39 Å². The van der Waals surface area contributed by atoms with Gasteiger partial charge in [-0.3, -0.25) is 4.79 Å². The lowest BCUT2D eigenvalue weighted by Crippen LogP contribution is -2.19. The van der Waals surface area contributed by atoms with Gasteiger partial charge in [0.05, 0.1) is 12.6 Å². The van der Waals surface area contributed by atoms with Crippen molar-refractivity contribution in [1.82, 2.24) is 4.57 Å². The Labute approximate surface area is 148 Å². The zero-order valence-corrected chi connectivity index (χ0v) is 14.0. The molecule has 5 nitrogen and oxygen atoms in total. The van der Waals surface area contributed by atoms with E-state index in [2.05, 4.69) is 0 Å². The van der Waals surface area contributed by atoms with Crippen molar-refractivity contribution in [3.63, 3.8) is 0 Å². The quantitative estimate of drug-likeness (QED) is 0.776. The number of nitrogens with zero attached hydrogens (tertiary/aromatic N) is 1. The molecule has 6 heteroatoms. The van der Waals surface area contributed by atoms with Gasteiger partial charge in [-0.15, -0.1) is 0 Å². The number of halogens is 1. The van der Waals surface area contributed by atoms with Gasteiger partial charge in [0.2, 0.25) is 5.43 Å². The smallest absolute Gasteiger partial charge is 0.341 e. The van der Waals surface area contributed by atoms with Gasteiger partial charge in [-0.2, -0.15) is 0 Å². The number of aromatic nitrogens is 1. The fourth-order valence-electron chi connectivity index (χ4n) is 3.18. The number of methoxy groups -OCH3 is 1. The summed E-state index contributed by atoms with van der Waals surface area (Å²) in [6, 6.07) is 9.83. The lowest BCUT2D eigenvalue weighted by atomic mass is 10.0. The number of ether oxygens (including phenoxy) is 1. The van der Waals surface area contributed by atoms with Gasteiger partial charge in [-0.25, -0.2) is 9.18 Å². The molecule has 2 aromatic carbocycles. The molecule has 0 bridgehead atoms. The average Bonchev–Trinajstić information content (AvgIpc) is 3.47. The molecule has 1 N–H and O–H groups in total. The van der Waals surface area contributed by atoms with Gasteiger partial charge in [-0.05, 0) is 60.7 Å². The minimum Gasteiger partial charge on any atom is -0.497 e. The topological polar surface area (TPSA) is 68.5 Å². The molecule has 3 aromatic rings. The van der Waals surface area contributed by atoms with E-state index >= 15 is 0 Å². The second-order valence-electron chi connectivity index (χ2n) is 6.41. The predicted octanol–water partition coefficient (Wildman–Crippen LogP) is 3.71. The van der Waals surface area contributed by atoms with Gasteiger partial charge in [0.15, 0.2) is 0 Å². The van der Waals surface area contributed by atoms with Crippen molar-refractivity contribution in [2.24, 2.45) is 0 Å². The van der Waals surface area contributed by atoms with E-state index in [0.29, 0.717) is 22.5 Å². The standard InChI is InChI=1S/C20H16FNO4/c1-26-13-6-4-12(5-7-13)22-10-16(20(24)25)19(23)15-8-17(21)14(9-18(15)22)11-2-3-11/h4-11H,2-3H2,1H3,(H,24,25). The second-order valence-corrected chi connectivity index (χ2v) is 6.41. The molecule has 0 amide bonds. The van der Waals surface area contributed by atoms with Crippen molar-refractivity contribution in [1.29, 1.82) is 0 Å². The summed E-state index contributed by atoms with van der Waals surface area (Å²) in [6.45, 7) is 0. The summed E-state index contributed by atoms with van der Waals surface area (Å²) in [4.78, 5) is 24.0. The average molecular weight is 353 g/mol. The number of carboxylic acids is 1. The fraction of sp³-hybridized carbons (Fsp3) is 0.200. The first-order valence-corrected chi connectivity index (χ1v) is 8.26. The summed E-state index contributed by atoms with van der Waals surface area (Å²) in [5, 5.41) is 9.43. The number of hydrogen-bond donors (Lipinski definition) is 1. The molecule has 1 aromatic heterocycles. The monoisotopic (exact) mass is 353 g/mol. The Kier molecular flexibility index (Phi) is 3.76. The van der Waals surface area contributed by atoms with Crippen LogP contribution in [0.15, 0.2) is 47.4 Å². The summed E-state index contributed by atoms with van der Waals surface area (Å²) in [5.74, 6) is -0.980. The number of benzene rings is 2. The zero-order valence-electron chi connectivity index (χ0n) is 14.0. The molecule has 0 unspecified atom stereocenters. The Balaban J connectivity index is 2.05. The molecule has 4 rings (SSSR count). The lowest BCUT2D eigenvalue weighted by molar-refractivity contribution is 0.0695. The number of rotatable bonds is 4. The lowest BCUT2D eigenvalue weighted by Gasteiger charge is -2.14. The molecule has 26 heavy (non-hydrogen) atoms.